The molecule has 2 aromatic rings. The molecular formula is C21H24N2O4. The molecule has 0 atom stereocenters. The Morgan fingerprint density at radius 1 is 1.07 bits per heavy atom. The van der Waals surface area contributed by atoms with E-state index in [4.69, 9.17) is 4.74 Å². The number of benzene rings is 2. The molecule has 6 nitrogen and oxygen atoms in total. The summed E-state index contributed by atoms with van der Waals surface area (Å²) < 4.78 is 9.82. The molecule has 27 heavy (non-hydrogen) atoms. The van der Waals surface area contributed by atoms with Gasteiger partial charge in [0.05, 0.1) is 26.3 Å². The van der Waals surface area contributed by atoms with Gasteiger partial charge in [-0.3, -0.25) is 9.69 Å². The van der Waals surface area contributed by atoms with Crippen molar-refractivity contribution < 1.29 is 19.1 Å². The third-order valence-corrected chi connectivity index (χ3v) is 3.91. The van der Waals surface area contributed by atoms with Crippen molar-refractivity contribution in [3.63, 3.8) is 0 Å². The van der Waals surface area contributed by atoms with E-state index in [-0.39, 0.29) is 12.5 Å². The van der Waals surface area contributed by atoms with Gasteiger partial charge in [0.2, 0.25) is 5.91 Å². The summed E-state index contributed by atoms with van der Waals surface area (Å²) in [7, 11) is 2.95. The molecule has 0 spiro atoms. The number of rotatable bonds is 9. The zero-order chi connectivity index (χ0) is 19.6. The number of nitrogens with one attached hydrogen (secondary N) is 1. The zero-order valence-corrected chi connectivity index (χ0v) is 15.6. The Morgan fingerprint density at radius 2 is 1.74 bits per heavy atom. The predicted octanol–water partition coefficient (Wildman–Crippen LogP) is 3.11. The molecule has 2 rings (SSSR count). The number of hydrogen-bond acceptors (Lipinski definition) is 5. The second kappa shape index (κ2) is 10.1. The van der Waals surface area contributed by atoms with E-state index in [1.165, 1.54) is 7.11 Å². The number of carbonyl (C=O) groups excluding carboxylic acids is 2. The van der Waals surface area contributed by atoms with Crippen LogP contribution in [0.4, 0.5) is 5.69 Å². The van der Waals surface area contributed by atoms with Crippen molar-refractivity contribution >= 4 is 17.6 Å². The van der Waals surface area contributed by atoms with Crippen LogP contribution in [0.3, 0.4) is 0 Å². The van der Waals surface area contributed by atoms with E-state index < -0.39 is 5.97 Å². The van der Waals surface area contributed by atoms with Gasteiger partial charge in [0.1, 0.15) is 5.75 Å². The first kappa shape index (κ1) is 20.2. The maximum absolute atomic E-state index is 12.4. The lowest BCUT2D eigenvalue weighted by molar-refractivity contribution is -0.117. The Bertz CT molecular complexity index is 770. The fourth-order valence-corrected chi connectivity index (χ4v) is 2.57. The summed E-state index contributed by atoms with van der Waals surface area (Å²) in [6.07, 6.45) is 1.77. The van der Waals surface area contributed by atoms with Gasteiger partial charge >= 0.3 is 5.97 Å². The molecule has 6 heteroatoms. The lowest BCUT2D eigenvalue weighted by atomic mass is 10.2. The van der Waals surface area contributed by atoms with Gasteiger partial charge < -0.3 is 14.8 Å². The fraction of sp³-hybridized carbons (Fsp3) is 0.238. The highest BCUT2D eigenvalue weighted by Gasteiger charge is 2.11. The van der Waals surface area contributed by atoms with Gasteiger partial charge in [0.25, 0.3) is 0 Å². The van der Waals surface area contributed by atoms with Gasteiger partial charge in [0.15, 0.2) is 0 Å². The van der Waals surface area contributed by atoms with E-state index in [2.05, 4.69) is 16.6 Å². The molecule has 0 heterocycles. The SMILES string of the molecule is C=CCN(CC(=O)Nc1ccc(C(=O)OC)cc1)Cc1ccc(OC)cc1. The minimum absolute atomic E-state index is 0.142. The number of carbonyl (C=O) groups is 2. The predicted molar refractivity (Wildman–Crippen MR) is 105 cm³/mol. The van der Waals surface area contributed by atoms with Crippen molar-refractivity contribution in [3.05, 3.63) is 72.3 Å². The van der Waals surface area contributed by atoms with E-state index in [1.54, 1.807) is 37.5 Å². The summed E-state index contributed by atoms with van der Waals surface area (Å²) in [4.78, 5) is 25.8. The number of ether oxygens (including phenoxy) is 2. The topological polar surface area (TPSA) is 67.9 Å². The second-order valence-corrected chi connectivity index (χ2v) is 5.92. The van der Waals surface area contributed by atoms with Crippen molar-refractivity contribution in [2.45, 2.75) is 6.54 Å². The molecule has 0 unspecified atom stereocenters. The van der Waals surface area contributed by atoms with Crippen LogP contribution in [-0.4, -0.2) is 44.1 Å². The summed E-state index contributed by atoms with van der Waals surface area (Å²) in [5.41, 5.74) is 2.13. The minimum Gasteiger partial charge on any atom is -0.497 e. The number of methoxy groups -OCH3 is 2. The quantitative estimate of drug-likeness (QED) is 0.544. The molecular weight excluding hydrogens is 344 g/mol. The Kier molecular flexibility index (Phi) is 7.58. The van der Waals surface area contributed by atoms with Crippen molar-refractivity contribution in [1.29, 1.82) is 0 Å². The highest BCUT2D eigenvalue weighted by atomic mass is 16.5. The fourth-order valence-electron chi connectivity index (χ4n) is 2.57. The standard InChI is InChI=1S/C21H24N2O4/c1-4-13-23(14-16-5-11-19(26-2)12-6-16)15-20(24)22-18-9-7-17(8-10-18)21(25)27-3/h4-12H,1,13-15H2,2-3H3,(H,22,24). The first-order chi connectivity index (χ1) is 13.0. The van der Waals surface area contributed by atoms with E-state index in [1.807, 2.05) is 29.2 Å². The first-order valence-corrected chi connectivity index (χ1v) is 8.50. The first-order valence-electron chi connectivity index (χ1n) is 8.50. The van der Waals surface area contributed by atoms with Gasteiger partial charge in [-0.1, -0.05) is 18.2 Å². The Morgan fingerprint density at radius 3 is 2.30 bits per heavy atom. The van der Waals surface area contributed by atoms with Gasteiger partial charge in [-0.25, -0.2) is 4.79 Å². The number of nitrogens with zero attached hydrogens (tertiary/aromatic N) is 1. The normalized spacial score (nSPS) is 10.3. The van der Waals surface area contributed by atoms with Crippen molar-refractivity contribution in [1.82, 2.24) is 4.90 Å². The van der Waals surface area contributed by atoms with Crippen LogP contribution in [0.15, 0.2) is 61.2 Å². The maximum Gasteiger partial charge on any atom is 0.337 e. The maximum atomic E-state index is 12.4. The van der Waals surface area contributed by atoms with E-state index in [9.17, 15) is 9.59 Å². The van der Waals surface area contributed by atoms with Gasteiger partial charge in [-0.15, -0.1) is 6.58 Å². The third-order valence-electron chi connectivity index (χ3n) is 3.91. The Labute approximate surface area is 159 Å². The molecule has 1 N–H and O–H groups in total. The van der Waals surface area contributed by atoms with Crippen LogP contribution >= 0.6 is 0 Å². The van der Waals surface area contributed by atoms with Crippen LogP contribution in [0.1, 0.15) is 15.9 Å². The van der Waals surface area contributed by atoms with Gasteiger partial charge in [0, 0.05) is 18.8 Å². The second-order valence-electron chi connectivity index (χ2n) is 5.92. The number of anilines is 1. The minimum atomic E-state index is -0.412. The van der Waals surface area contributed by atoms with Crippen molar-refractivity contribution in [2.24, 2.45) is 0 Å². The zero-order valence-electron chi connectivity index (χ0n) is 15.6. The molecule has 0 aliphatic rings. The largest absolute Gasteiger partial charge is 0.497 e. The van der Waals surface area contributed by atoms with Gasteiger partial charge in [-0.2, -0.15) is 0 Å². The lowest BCUT2D eigenvalue weighted by Gasteiger charge is -2.20. The summed E-state index contributed by atoms with van der Waals surface area (Å²) in [5.74, 6) is 0.239. The Hall–Kier alpha value is -3.12. The summed E-state index contributed by atoms with van der Waals surface area (Å²) in [6, 6.07) is 14.3. The molecule has 0 aromatic heterocycles. The van der Waals surface area contributed by atoms with E-state index >= 15 is 0 Å². The lowest BCUT2D eigenvalue weighted by Crippen LogP contribution is -2.33. The smallest absolute Gasteiger partial charge is 0.337 e. The average Bonchev–Trinajstić information content (AvgIpc) is 2.68. The van der Waals surface area contributed by atoms with Crippen LogP contribution in [0.2, 0.25) is 0 Å². The van der Waals surface area contributed by atoms with Crippen LogP contribution < -0.4 is 10.1 Å². The van der Waals surface area contributed by atoms with E-state index in [0.717, 1.165) is 11.3 Å². The third kappa shape index (κ3) is 6.27. The molecule has 0 aliphatic heterocycles. The summed E-state index contributed by atoms with van der Waals surface area (Å²) >= 11 is 0. The van der Waals surface area contributed by atoms with Crippen LogP contribution in [-0.2, 0) is 16.1 Å². The highest BCUT2D eigenvalue weighted by molar-refractivity contribution is 5.94. The molecule has 2 aromatic carbocycles. The summed E-state index contributed by atoms with van der Waals surface area (Å²) in [5, 5.41) is 2.83. The van der Waals surface area contributed by atoms with Crippen LogP contribution in [0.25, 0.3) is 0 Å². The summed E-state index contributed by atoms with van der Waals surface area (Å²) in [6.45, 7) is 5.18. The van der Waals surface area contributed by atoms with Crippen molar-refractivity contribution in [3.8, 4) is 5.75 Å². The molecule has 0 saturated carbocycles. The van der Waals surface area contributed by atoms with Crippen LogP contribution in [0.5, 0.6) is 5.75 Å². The molecule has 142 valence electrons. The molecule has 0 aliphatic carbocycles. The molecule has 1 amide bonds. The van der Waals surface area contributed by atoms with Crippen LogP contribution in [0, 0.1) is 0 Å². The monoisotopic (exact) mass is 368 g/mol. The molecule has 0 fully saturated rings. The average molecular weight is 368 g/mol. The van der Waals surface area contributed by atoms with Crippen molar-refractivity contribution in [2.75, 3.05) is 32.6 Å². The molecule has 0 bridgehead atoms. The number of esters is 1. The van der Waals surface area contributed by atoms with Gasteiger partial charge in [-0.05, 0) is 42.0 Å². The molecule has 0 saturated heterocycles. The van der Waals surface area contributed by atoms with E-state index in [0.29, 0.717) is 24.3 Å². The highest BCUT2D eigenvalue weighted by Crippen LogP contribution is 2.14. The Balaban J connectivity index is 1.95. The number of hydrogen-bond donors (Lipinski definition) is 1. The molecule has 0 radical (unpaired) electrons. The number of amides is 1.